The van der Waals surface area contributed by atoms with Gasteiger partial charge in [0.25, 0.3) is 5.22 Å². The molecule has 0 fully saturated rings. The summed E-state index contributed by atoms with van der Waals surface area (Å²) in [6, 6.07) is 16.1. The van der Waals surface area contributed by atoms with Crippen LogP contribution in [0.25, 0.3) is 11.5 Å². The molecule has 0 saturated carbocycles. The molecule has 1 amide bonds. The smallest absolute Gasteiger partial charge is 0.277 e. The van der Waals surface area contributed by atoms with Crippen LogP contribution in [0.4, 0.5) is 0 Å². The van der Waals surface area contributed by atoms with Crippen LogP contribution in [0.2, 0.25) is 0 Å². The number of rotatable bonds is 6. The quantitative estimate of drug-likeness (QED) is 0.581. The second-order valence-corrected chi connectivity index (χ2v) is 7.56. The van der Waals surface area contributed by atoms with E-state index in [1.54, 1.807) is 4.90 Å². The number of hydrogen-bond acceptors (Lipinski definition) is 5. The summed E-state index contributed by atoms with van der Waals surface area (Å²) >= 11 is 1.26. The van der Waals surface area contributed by atoms with E-state index >= 15 is 0 Å². The summed E-state index contributed by atoms with van der Waals surface area (Å²) in [5, 5.41) is 8.57. The Labute approximate surface area is 163 Å². The highest BCUT2D eigenvalue weighted by molar-refractivity contribution is 7.99. The Morgan fingerprint density at radius 3 is 2.44 bits per heavy atom. The van der Waals surface area contributed by atoms with Crippen molar-refractivity contribution in [2.45, 2.75) is 32.0 Å². The summed E-state index contributed by atoms with van der Waals surface area (Å²) in [4.78, 5) is 14.3. The van der Waals surface area contributed by atoms with Gasteiger partial charge in [-0.3, -0.25) is 4.79 Å². The van der Waals surface area contributed by atoms with Gasteiger partial charge >= 0.3 is 0 Å². The lowest BCUT2D eigenvalue weighted by molar-refractivity contribution is -0.128. The molecule has 3 aromatic rings. The number of benzene rings is 2. The van der Waals surface area contributed by atoms with Crippen LogP contribution < -0.4 is 0 Å². The summed E-state index contributed by atoms with van der Waals surface area (Å²) in [6.07, 6.45) is 0. The van der Waals surface area contributed by atoms with Crippen molar-refractivity contribution in [3.05, 3.63) is 65.2 Å². The van der Waals surface area contributed by atoms with Gasteiger partial charge in [0.1, 0.15) is 0 Å². The Kier molecular flexibility index (Phi) is 5.96. The zero-order valence-electron chi connectivity index (χ0n) is 16.0. The molecule has 1 heterocycles. The Morgan fingerprint density at radius 2 is 1.78 bits per heavy atom. The van der Waals surface area contributed by atoms with Crippen molar-refractivity contribution in [3.8, 4) is 11.5 Å². The molecule has 2 aromatic carbocycles. The Bertz CT molecular complexity index is 904. The predicted octanol–water partition coefficient (Wildman–Crippen LogP) is 4.67. The third-order valence-corrected chi connectivity index (χ3v) is 5.25. The van der Waals surface area contributed by atoms with Crippen molar-refractivity contribution in [3.63, 3.8) is 0 Å². The van der Waals surface area contributed by atoms with Crippen molar-refractivity contribution in [1.29, 1.82) is 0 Å². The van der Waals surface area contributed by atoms with E-state index in [9.17, 15) is 4.79 Å². The molecule has 27 heavy (non-hydrogen) atoms. The average molecular weight is 382 g/mol. The predicted molar refractivity (Wildman–Crippen MR) is 108 cm³/mol. The van der Waals surface area contributed by atoms with Gasteiger partial charge in [0.15, 0.2) is 0 Å². The van der Waals surface area contributed by atoms with Crippen LogP contribution in [0.15, 0.2) is 58.2 Å². The van der Waals surface area contributed by atoms with Crippen LogP contribution in [0, 0.1) is 13.8 Å². The van der Waals surface area contributed by atoms with Gasteiger partial charge in [-0.15, -0.1) is 10.2 Å². The molecule has 0 aliphatic heterocycles. The van der Waals surface area contributed by atoms with Gasteiger partial charge in [0.2, 0.25) is 11.8 Å². The van der Waals surface area contributed by atoms with E-state index in [1.807, 2.05) is 70.3 Å². The first kappa shape index (κ1) is 19.2. The summed E-state index contributed by atoms with van der Waals surface area (Å²) in [5.41, 5.74) is 4.29. The second-order valence-electron chi connectivity index (χ2n) is 6.63. The van der Waals surface area contributed by atoms with Gasteiger partial charge in [-0.25, -0.2) is 0 Å². The minimum atomic E-state index is 0.00724. The van der Waals surface area contributed by atoms with Gasteiger partial charge in [-0.1, -0.05) is 59.3 Å². The first-order valence-corrected chi connectivity index (χ1v) is 9.78. The van der Waals surface area contributed by atoms with E-state index in [0.717, 1.165) is 22.3 Å². The first-order chi connectivity index (χ1) is 12.9. The van der Waals surface area contributed by atoms with E-state index in [2.05, 4.69) is 16.3 Å². The SMILES string of the molecule is Cc1cc(C)cc(-c2nnc(SCC(=O)N(C)[C@H](C)c3ccccc3)o2)c1. The fraction of sp³-hybridized carbons (Fsp3) is 0.286. The molecule has 0 aliphatic carbocycles. The highest BCUT2D eigenvalue weighted by Crippen LogP contribution is 2.26. The molecule has 0 N–H and O–H groups in total. The second kappa shape index (κ2) is 8.39. The minimum Gasteiger partial charge on any atom is -0.411 e. The third kappa shape index (κ3) is 4.77. The van der Waals surface area contributed by atoms with E-state index in [0.29, 0.717) is 11.1 Å². The van der Waals surface area contributed by atoms with Crippen molar-refractivity contribution < 1.29 is 9.21 Å². The van der Waals surface area contributed by atoms with Crippen molar-refractivity contribution in [1.82, 2.24) is 15.1 Å². The van der Waals surface area contributed by atoms with E-state index in [-0.39, 0.29) is 17.7 Å². The molecule has 5 nitrogen and oxygen atoms in total. The number of aromatic nitrogens is 2. The van der Waals surface area contributed by atoms with Crippen LogP contribution in [-0.2, 0) is 4.79 Å². The molecule has 0 unspecified atom stereocenters. The van der Waals surface area contributed by atoms with Crippen molar-refractivity contribution in [2.24, 2.45) is 0 Å². The fourth-order valence-electron chi connectivity index (χ4n) is 2.88. The van der Waals surface area contributed by atoms with Gasteiger partial charge in [0.05, 0.1) is 11.8 Å². The maximum Gasteiger partial charge on any atom is 0.277 e. The van der Waals surface area contributed by atoms with E-state index in [4.69, 9.17) is 4.42 Å². The van der Waals surface area contributed by atoms with Gasteiger partial charge < -0.3 is 9.32 Å². The summed E-state index contributed by atoms with van der Waals surface area (Å²) in [5.74, 6) is 0.743. The molecular formula is C21H23N3O2S. The fourth-order valence-corrected chi connectivity index (χ4v) is 3.57. The lowest BCUT2D eigenvalue weighted by Gasteiger charge is -2.25. The summed E-state index contributed by atoms with van der Waals surface area (Å²) in [6.45, 7) is 6.08. The highest BCUT2D eigenvalue weighted by Gasteiger charge is 2.19. The zero-order valence-corrected chi connectivity index (χ0v) is 16.8. The zero-order chi connectivity index (χ0) is 19.4. The molecule has 0 spiro atoms. The van der Waals surface area contributed by atoms with Crippen molar-refractivity contribution in [2.75, 3.05) is 12.8 Å². The molecule has 1 atom stereocenters. The number of aryl methyl sites for hydroxylation is 2. The first-order valence-electron chi connectivity index (χ1n) is 8.79. The maximum absolute atomic E-state index is 12.5. The van der Waals surface area contributed by atoms with Crippen LogP contribution >= 0.6 is 11.8 Å². The molecule has 3 rings (SSSR count). The highest BCUT2D eigenvalue weighted by atomic mass is 32.2. The van der Waals surface area contributed by atoms with Gasteiger partial charge in [-0.2, -0.15) is 0 Å². The van der Waals surface area contributed by atoms with E-state index < -0.39 is 0 Å². The standard InChI is InChI=1S/C21H23N3O2S/c1-14-10-15(2)12-18(11-14)20-22-23-21(26-20)27-13-19(25)24(4)16(3)17-8-6-5-7-9-17/h5-12,16H,13H2,1-4H3/t16-/m1/s1. The van der Waals surface area contributed by atoms with Crippen molar-refractivity contribution >= 4 is 17.7 Å². The molecule has 0 saturated heterocycles. The number of thioether (sulfide) groups is 1. The summed E-state index contributed by atoms with van der Waals surface area (Å²) < 4.78 is 5.72. The summed E-state index contributed by atoms with van der Waals surface area (Å²) in [7, 11) is 1.81. The van der Waals surface area contributed by atoms with Crippen LogP contribution in [0.3, 0.4) is 0 Å². The normalized spacial score (nSPS) is 12.0. The maximum atomic E-state index is 12.5. The molecule has 6 heteroatoms. The Balaban J connectivity index is 1.62. The third-order valence-electron chi connectivity index (χ3n) is 4.45. The lowest BCUT2D eigenvalue weighted by Crippen LogP contribution is -2.31. The molecule has 0 bridgehead atoms. The molecule has 0 radical (unpaired) electrons. The molecule has 140 valence electrons. The number of nitrogens with zero attached hydrogens (tertiary/aromatic N) is 3. The number of carbonyl (C=O) groups excluding carboxylic acids is 1. The molecular weight excluding hydrogens is 358 g/mol. The lowest BCUT2D eigenvalue weighted by atomic mass is 10.1. The number of carbonyl (C=O) groups is 1. The van der Waals surface area contributed by atoms with Gasteiger partial charge in [0, 0.05) is 12.6 Å². The molecule has 0 aliphatic rings. The Hall–Kier alpha value is -2.60. The Morgan fingerprint density at radius 1 is 1.11 bits per heavy atom. The van der Waals surface area contributed by atoms with Crippen LogP contribution in [-0.4, -0.2) is 33.8 Å². The average Bonchev–Trinajstić information content (AvgIpc) is 3.14. The van der Waals surface area contributed by atoms with Crippen LogP contribution in [0.1, 0.15) is 29.7 Å². The van der Waals surface area contributed by atoms with Crippen LogP contribution in [0.5, 0.6) is 0 Å². The van der Waals surface area contributed by atoms with E-state index in [1.165, 1.54) is 11.8 Å². The monoisotopic (exact) mass is 381 g/mol. The minimum absolute atomic E-state index is 0.00724. The molecule has 1 aromatic heterocycles. The topological polar surface area (TPSA) is 59.2 Å². The number of amides is 1. The van der Waals surface area contributed by atoms with Gasteiger partial charge in [-0.05, 0) is 38.5 Å². The number of hydrogen-bond donors (Lipinski definition) is 0. The largest absolute Gasteiger partial charge is 0.411 e.